The molecule has 1 aliphatic rings. The molecule has 0 spiro atoms. The van der Waals surface area contributed by atoms with Crippen molar-refractivity contribution >= 4 is 0 Å². The van der Waals surface area contributed by atoms with Crippen LogP contribution in [0.25, 0.3) is 0 Å². The van der Waals surface area contributed by atoms with Crippen molar-refractivity contribution < 1.29 is 0 Å². The molecule has 1 fully saturated rings. The number of rotatable bonds is 2. The monoisotopic (exact) mass is 139 g/mol. The first-order chi connectivity index (χ1) is 4.83. The Morgan fingerprint density at radius 3 is 2.60 bits per heavy atom. The van der Waals surface area contributed by atoms with E-state index in [1.165, 1.54) is 0 Å². The van der Waals surface area contributed by atoms with Gasteiger partial charge < -0.3 is 0 Å². The van der Waals surface area contributed by atoms with Gasteiger partial charge in [-0.25, -0.2) is 0 Å². The maximum absolute atomic E-state index is 7.44. The Bertz CT molecular complexity index is 104. The predicted molar refractivity (Wildman–Crippen MR) is 42.8 cm³/mol. The average Bonchev–Trinajstić information content (AvgIpc) is 1.95. The van der Waals surface area contributed by atoms with Gasteiger partial charge in [-0.15, -0.1) is 6.58 Å². The summed E-state index contributed by atoms with van der Waals surface area (Å²) in [5.41, 5.74) is 7.44. The van der Waals surface area contributed by atoms with Crippen molar-refractivity contribution in [3.63, 3.8) is 0 Å². The van der Waals surface area contributed by atoms with Gasteiger partial charge >= 0.3 is 0 Å². The van der Waals surface area contributed by atoms with Crippen LogP contribution in [-0.4, -0.2) is 30.6 Å². The molecule has 10 heavy (non-hydrogen) atoms. The van der Waals surface area contributed by atoms with Gasteiger partial charge in [0.2, 0.25) is 0 Å². The Labute approximate surface area is 62.7 Å². The van der Waals surface area contributed by atoms with Crippen molar-refractivity contribution in [1.29, 1.82) is 0 Å². The highest BCUT2D eigenvalue weighted by Crippen LogP contribution is 2.08. The smallest absolute Gasteiger partial charge is 0.0237 e. The van der Waals surface area contributed by atoms with Gasteiger partial charge in [-0.1, -0.05) is 6.08 Å². The topological polar surface area (TPSA) is 27.0 Å². The van der Waals surface area contributed by atoms with Crippen LogP contribution < -0.4 is 5.73 Å². The molecule has 0 atom stereocenters. The number of piperidine rings is 1. The Morgan fingerprint density at radius 1 is 1.50 bits per heavy atom. The first-order valence-electron chi connectivity index (χ1n) is 3.87. The van der Waals surface area contributed by atoms with E-state index < -0.39 is 0 Å². The second-order valence-corrected chi connectivity index (χ2v) is 2.86. The lowest BCUT2D eigenvalue weighted by molar-refractivity contribution is 0.231. The second-order valence-electron chi connectivity index (χ2n) is 2.86. The molecule has 0 aromatic rings. The highest BCUT2D eigenvalue weighted by atomic mass is 15.1. The van der Waals surface area contributed by atoms with Crippen LogP contribution in [0.3, 0.4) is 0 Å². The Balaban J connectivity index is 2.19. The lowest BCUT2D eigenvalue weighted by Gasteiger charge is -2.28. The van der Waals surface area contributed by atoms with Crippen molar-refractivity contribution in [2.75, 3.05) is 19.6 Å². The van der Waals surface area contributed by atoms with Crippen LogP contribution in [0.1, 0.15) is 12.8 Å². The van der Waals surface area contributed by atoms with E-state index in [1.807, 2.05) is 6.08 Å². The van der Waals surface area contributed by atoms with Crippen molar-refractivity contribution in [3.8, 4) is 0 Å². The predicted octanol–water partition coefficient (Wildman–Crippen LogP) is 0.920. The van der Waals surface area contributed by atoms with E-state index in [1.54, 1.807) is 0 Å². The summed E-state index contributed by atoms with van der Waals surface area (Å²) < 4.78 is 0. The Morgan fingerprint density at radius 2 is 2.10 bits per heavy atom. The molecule has 1 N–H and O–H groups in total. The summed E-state index contributed by atoms with van der Waals surface area (Å²) in [5, 5.41) is 0. The second kappa shape index (κ2) is 3.74. The SMILES string of the molecule is C=CCN1CCC([NH])CC1. The highest BCUT2D eigenvalue weighted by molar-refractivity contribution is 4.79. The number of nitrogens with one attached hydrogen (secondary N) is 1. The zero-order valence-corrected chi connectivity index (χ0v) is 6.34. The lowest BCUT2D eigenvalue weighted by atomic mass is 10.1. The summed E-state index contributed by atoms with van der Waals surface area (Å²) in [6, 6.07) is 0.195. The molecule has 0 saturated carbocycles. The molecule has 1 radical (unpaired) electrons. The summed E-state index contributed by atoms with van der Waals surface area (Å²) >= 11 is 0. The quantitative estimate of drug-likeness (QED) is 0.523. The van der Waals surface area contributed by atoms with Gasteiger partial charge in [-0.2, -0.15) is 0 Å². The van der Waals surface area contributed by atoms with Gasteiger partial charge in [0.05, 0.1) is 0 Å². The van der Waals surface area contributed by atoms with Gasteiger partial charge in [0.25, 0.3) is 0 Å². The molecule has 0 bridgehead atoms. The van der Waals surface area contributed by atoms with E-state index in [2.05, 4.69) is 11.5 Å². The van der Waals surface area contributed by atoms with Gasteiger partial charge in [-0.3, -0.25) is 10.6 Å². The number of nitrogens with zero attached hydrogens (tertiary/aromatic N) is 1. The first kappa shape index (κ1) is 7.76. The average molecular weight is 139 g/mol. The standard InChI is InChI=1S/C8H15N2/c1-2-5-10-6-3-8(9)4-7-10/h2,8-9H,1,3-7H2. The van der Waals surface area contributed by atoms with Gasteiger partial charge in [0, 0.05) is 12.6 Å². The minimum Gasteiger partial charge on any atom is -0.300 e. The molecule has 0 aliphatic carbocycles. The number of hydrogen-bond donors (Lipinski definition) is 0. The molecule has 1 heterocycles. The van der Waals surface area contributed by atoms with Crippen LogP contribution in [0.2, 0.25) is 0 Å². The van der Waals surface area contributed by atoms with E-state index in [-0.39, 0.29) is 6.04 Å². The number of hydrogen-bond acceptors (Lipinski definition) is 1. The van der Waals surface area contributed by atoms with Crippen LogP contribution in [-0.2, 0) is 0 Å². The maximum atomic E-state index is 7.44. The molecule has 1 rings (SSSR count). The van der Waals surface area contributed by atoms with Crippen LogP contribution in [0, 0.1) is 0 Å². The van der Waals surface area contributed by atoms with Crippen molar-refractivity contribution in [2.24, 2.45) is 0 Å². The zero-order chi connectivity index (χ0) is 7.40. The lowest BCUT2D eigenvalue weighted by Crippen LogP contribution is -2.36. The summed E-state index contributed by atoms with van der Waals surface area (Å²) in [4.78, 5) is 2.35. The molecule has 57 valence electrons. The van der Waals surface area contributed by atoms with E-state index in [9.17, 15) is 0 Å². The van der Waals surface area contributed by atoms with Crippen LogP contribution in [0.15, 0.2) is 12.7 Å². The molecule has 0 aromatic carbocycles. The molecule has 0 unspecified atom stereocenters. The third-order valence-electron chi connectivity index (χ3n) is 1.97. The molecule has 2 heteroatoms. The molecule has 1 saturated heterocycles. The molecule has 0 amide bonds. The van der Waals surface area contributed by atoms with Crippen LogP contribution in [0.5, 0.6) is 0 Å². The Hall–Kier alpha value is -0.340. The van der Waals surface area contributed by atoms with Crippen molar-refractivity contribution in [3.05, 3.63) is 12.7 Å². The van der Waals surface area contributed by atoms with Crippen LogP contribution in [0.4, 0.5) is 0 Å². The molecule has 1 aliphatic heterocycles. The van der Waals surface area contributed by atoms with Gasteiger partial charge in [0.15, 0.2) is 0 Å². The van der Waals surface area contributed by atoms with E-state index in [4.69, 9.17) is 5.73 Å². The molecular weight excluding hydrogens is 124 g/mol. The molecule has 0 aromatic heterocycles. The van der Waals surface area contributed by atoms with E-state index >= 15 is 0 Å². The third kappa shape index (κ3) is 2.12. The molecule has 2 nitrogen and oxygen atoms in total. The summed E-state index contributed by atoms with van der Waals surface area (Å²) in [6.07, 6.45) is 4.01. The molecular formula is C8H15N2. The maximum Gasteiger partial charge on any atom is 0.0237 e. The fourth-order valence-corrected chi connectivity index (χ4v) is 1.30. The minimum atomic E-state index is 0.195. The van der Waals surface area contributed by atoms with Crippen molar-refractivity contribution in [1.82, 2.24) is 10.6 Å². The fraction of sp³-hybridized carbons (Fsp3) is 0.750. The summed E-state index contributed by atoms with van der Waals surface area (Å²) in [7, 11) is 0. The normalized spacial score (nSPS) is 22.9. The first-order valence-corrected chi connectivity index (χ1v) is 3.87. The van der Waals surface area contributed by atoms with Gasteiger partial charge in [-0.05, 0) is 25.9 Å². The van der Waals surface area contributed by atoms with Crippen molar-refractivity contribution in [2.45, 2.75) is 18.9 Å². The number of likely N-dealkylation sites (tertiary alicyclic amines) is 1. The summed E-state index contributed by atoms with van der Waals surface area (Å²) in [5.74, 6) is 0. The summed E-state index contributed by atoms with van der Waals surface area (Å²) in [6.45, 7) is 6.85. The fourth-order valence-electron chi connectivity index (χ4n) is 1.30. The zero-order valence-electron chi connectivity index (χ0n) is 6.34. The van der Waals surface area contributed by atoms with Crippen LogP contribution >= 0.6 is 0 Å². The highest BCUT2D eigenvalue weighted by Gasteiger charge is 2.14. The van der Waals surface area contributed by atoms with E-state index in [0.717, 1.165) is 32.5 Å². The largest absolute Gasteiger partial charge is 0.300 e. The minimum absolute atomic E-state index is 0.195. The Kier molecular flexibility index (Phi) is 2.90. The van der Waals surface area contributed by atoms with E-state index in [0.29, 0.717) is 0 Å². The van der Waals surface area contributed by atoms with Gasteiger partial charge in [0.1, 0.15) is 0 Å². The third-order valence-corrected chi connectivity index (χ3v) is 1.97.